The van der Waals surface area contributed by atoms with E-state index in [-0.39, 0.29) is 16.4 Å². The number of Topliss-reactive ketones (excluding diaryl/α,β-unsaturated/α-hetero) is 1. The third-order valence-electron chi connectivity index (χ3n) is 1.66. The summed E-state index contributed by atoms with van der Waals surface area (Å²) in [4.78, 5) is 22.2. The van der Waals surface area contributed by atoms with E-state index < -0.39 is 5.97 Å². The maximum atomic E-state index is 11.6. The summed E-state index contributed by atoms with van der Waals surface area (Å²) >= 11 is 0.944. The molecule has 0 amide bonds. The summed E-state index contributed by atoms with van der Waals surface area (Å²) in [6.45, 7) is 3.55. The number of hydrogen-bond acceptors (Lipinski definition) is 3. The maximum Gasteiger partial charge on any atom is 0.313 e. The Bertz CT molecular complexity index is 384. The topological polar surface area (TPSA) is 54.4 Å². The van der Waals surface area contributed by atoms with Gasteiger partial charge in [-0.25, -0.2) is 0 Å². The highest BCUT2D eigenvalue weighted by Gasteiger charge is 2.11. The lowest BCUT2D eigenvalue weighted by Crippen LogP contribution is -2.03. The second-order valence-electron chi connectivity index (χ2n) is 2.80. The van der Waals surface area contributed by atoms with Crippen LogP contribution in [0.25, 0.3) is 0 Å². The Hall–Kier alpha value is -1.55. The molecular weight excluding hydrogens is 212 g/mol. The first-order chi connectivity index (χ1) is 7.11. The summed E-state index contributed by atoms with van der Waals surface area (Å²) in [7, 11) is 0. The highest BCUT2D eigenvalue weighted by molar-refractivity contribution is 8.04. The Balaban J connectivity index is 2.62. The van der Waals surface area contributed by atoms with Gasteiger partial charge in [-0.1, -0.05) is 36.9 Å². The third kappa shape index (κ3) is 3.59. The fourth-order valence-electron chi connectivity index (χ4n) is 0.965. The number of hydrogen-bond donors (Lipinski definition) is 1. The smallest absolute Gasteiger partial charge is 0.313 e. The predicted molar refractivity (Wildman–Crippen MR) is 60.0 cm³/mol. The van der Waals surface area contributed by atoms with Gasteiger partial charge in [-0.3, -0.25) is 9.59 Å². The van der Waals surface area contributed by atoms with Crippen molar-refractivity contribution in [1.82, 2.24) is 0 Å². The zero-order valence-corrected chi connectivity index (χ0v) is 8.79. The first-order valence-electron chi connectivity index (χ1n) is 4.24. The SMILES string of the molecule is C=C(SCC(=O)O)C(=O)c1ccccc1. The van der Waals surface area contributed by atoms with Crippen LogP contribution in [0.3, 0.4) is 0 Å². The molecule has 0 atom stereocenters. The first kappa shape index (κ1) is 11.5. The molecular formula is C11H10O3S. The van der Waals surface area contributed by atoms with E-state index in [2.05, 4.69) is 6.58 Å². The zero-order chi connectivity index (χ0) is 11.3. The molecule has 15 heavy (non-hydrogen) atoms. The van der Waals surface area contributed by atoms with Crippen molar-refractivity contribution in [3.63, 3.8) is 0 Å². The average molecular weight is 222 g/mol. The number of thioether (sulfide) groups is 1. The summed E-state index contributed by atoms with van der Waals surface area (Å²) in [6.07, 6.45) is 0. The van der Waals surface area contributed by atoms with Crippen LogP contribution >= 0.6 is 11.8 Å². The van der Waals surface area contributed by atoms with Gasteiger partial charge < -0.3 is 5.11 Å². The Morgan fingerprint density at radius 1 is 1.27 bits per heavy atom. The molecule has 0 aliphatic carbocycles. The number of carboxylic acid groups (broad SMARTS) is 1. The number of carbonyl (C=O) groups is 2. The lowest BCUT2D eigenvalue weighted by molar-refractivity contribution is -0.133. The summed E-state index contributed by atoms with van der Waals surface area (Å²) in [5.74, 6) is -1.32. The number of allylic oxidation sites excluding steroid dienone is 1. The predicted octanol–water partition coefficient (Wildman–Crippen LogP) is 2.20. The Labute approximate surface area is 91.8 Å². The van der Waals surface area contributed by atoms with Gasteiger partial charge in [-0.2, -0.15) is 0 Å². The zero-order valence-electron chi connectivity index (χ0n) is 7.97. The lowest BCUT2D eigenvalue weighted by atomic mass is 10.1. The van der Waals surface area contributed by atoms with E-state index in [0.717, 1.165) is 11.8 Å². The van der Waals surface area contributed by atoms with E-state index in [4.69, 9.17) is 5.11 Å². The van der Waals surface area contributed by atoms with Gasteiger partial charge in [0.25, 0.3) is 0 Å². The molecule has 3 nitrogen and oxygen atoms in total. The summed E-state index contributed by atoms with van der Waals surface area (Å²) < 4.78 is 0. The fraction of sp³-hybridized carbons (Fsp3) is 0.0909. The standard InChI is InChI=1S/C11H10O3S/c1-8(15-7-10(12)13)11(14)9-5-3-2-4-6-9/h2-6H,1,7H2,(H,12,13). The molecule has 0 aromatic heterocycles. The first-order valence-corrected chi connectivity index (χ1v) is 5.23. The molecule has 1 aromatic rings. The van der Waals surface area contributed by atoms with Crippen molar-refractivity contribution in [1.29, 1.82) is 0 Å². The minimum absolute atomic E-state index is 0.141. The van der Waals surface area contributed by atoms with Crippen molar-refractivity contribution >= 4 is 23.5 Å². The quantitative estimate of drug-likeness (QED) is 0.613. The van der Waals surface area contributed by atoms with Crippen LogP contribution in [0.5, 0.6) is 0 Å². The van der Waals surface area contributed by atoms with Gasteiger partial charge in [0.15, 0.2) is 5.78 Å². The minimum atomic E-state index is -0.956. The molecule has 0 saturated carbocycles. The molecule has 0 radical (unpaired) electrons. The molecule has 0 fully saturated rings. The Morgan fingerprint density at radius 3 is 2.40 bits per heavy atom. The second kappa shape index (κ2) is 5.36. The van der Waals surface area contributed by atoms with Crippen molar-refractivity contribution in [3.8, 4) is 0 Å². The molecule has 1 rings (SSSR count). The highest BCUT2D eigenvalue weighted by Crippen LogP contribution is 2.18. The fourth-order valence-corrected chi connectivity index (χ4v) is 1.51. The van der Waals surface area contributed by atoms with Gasteiger partial charge >= 0.3 is 5.97 Å². The monoisotopic (exact) mass is 222 g/mol. The summed E-state index contributed by atoms with van der Waals surface area (Å²) in [6, 6.07) is 8.67. The normalized spacial score (nSPS) is 9.60. The van der Waals surface area contributed by atoms with Gasteiger partial charge in [0.05, 0.1) is 5.75 Å². The number of benzene rings is 1. The number of rotatable bonds is 5. The van der Waals surface area contributed by atoms with Gasteiger partial charge in [-0.15, -0.1) is 11.8 Å². The van der Waals surface area contributed by atoms with Crippen molar-refractivity contribution < 1.29 is 14.7 Å². The molecule has 0 aliphatic rings. The molecule has 0 spiro atoms. The van der Waals surface area contributed by atoms with Crippen molar-refractivity contribution in [2.75, 3.05) is 5.75 Å². The average Bonchev–Trinajstić information content (AvgIpc) is 2.26. The Kier molecular flexibility index (Phi) is 4.12. The van der Waals surface area contributed by atoms with Crippen LogP contribution in [0.4, 0.5) is 0 Å². The van der Waals surface area contributed by atoms with Crippen LogP contribution in [0.1, 0.15) is 10.4 Å². The largest absolute Gasteiger partial charge is 0.481 e. The van der Waals surface area contributed by atoms with Crippen LogP contribution in [-0.4, -0.2) is 22.6 Å². The van der Waals surface area contributed by atoms with Gasteiger partial charge in [0.1, 0.15) is 0 Å². The number of carbonyl (C=O) groups excluding carboxylic acids is 1. The second-order valence-corrected chi connectivity index (χ2v) is 3.87. The van der Waals surface area contributed by atoms with Crippen LogP contribution in [0.2, 0.25) is 0 Å². The molecule has 0 unspecified atom stereocenters. The molecule has 0 bridgehead atoms. The molecule has 0 aliphatic heterocycles. The molecule has 1 aromatic carbocycles. The van der Waals surface area contributed by atoms with Gasteiger partial charge in [0.2, 0.25) is 0 Å². The van der Waals surface area contributed by atoms with Crippen molar-refractivity contribution in [3.05, 3.63) is 47.4 Å². The van der Waals surface area contributed by atoms with Crippen molar-refractivity contribution in [2.24, 2.45) is 0 Å². The Morgan fingerprint density at radius 2 is 1.87 bits per heavy atom. The third-order valence-corrected chi connectivity index (χ3v) is 2.58. The van der Waals surface area contributed by atoms with Gasteiger partial charge in [-0.05, 0) is 0 Å². The van der Waals surface area contributed by atoms with Crippen LogP contribution in [-0.2, 0) is 4.79 Å². The molecule has 0 heterocycles. The summed E-state index contributed by atoms with van der Waals surface area (Å²) in [5.41, 5.74) is 0.528. The van der Waals surface area contributed by atoms with E-state index in [1.54, 1.807) is 24.3 Å². The van der Waals surface area contributed by atoms with E-state index in [9.17, 15) is 9.59 Å². The highest BCUT2D eigenvalue weighted by atomic mass is 32.2. The summed E-state index contributed by atoms with van der Waals surface area (Å²) in [5, 5.41) is 8.44. The van der Waals surface area contributed by atoms with E-state index in [1.807, 2.05) is 6.07 Å². The van der Waals surface area contributed by atoms with E-state index >= 15 is 0 Å². The molecule has 1 N–H and O–H groups in total. The number of aliphatic carboxylic acids is 1. The van der Waals surface area contributed by atoms with Crippen LogP contribution < -0.4 is 0 Å². The van der Waals surface area contributed by atoms with Gasteiger partial charge in [0, 0.05) is 10.5 Å². The minimum Gasteiger partial charge on any atom is -0.481 e. The van der Waals surface area contributed by atoms with Crippen LogP contribution in [0, 0.1) is 0 Å². The lowest BCUT2D eigenvalue weighted by Gasteiger charge is -2.02. The maximum absolute atomic E-state index is 11.6. The number of ketones is 1. The van der Waals surface area contributed by atoms with E-state index in [0.29, 0.717) is 5.56 Å². The van der Waals surface area contributed by atoms with Crippen LogP contribution in [0.15, 0.2) is 41.8 Å². The molecule has 78 valence electrons. The molecule has 4 heteroatoms. The number of carboxylic acids is 1. The van der Waals surface area contributed by atoms with Crippen molar-refractivity contribution in [2.45, 2.75) is 0 Å². The van der Waals surface area contributed by atoms with E-state index in [1.165, 1.54) is 0 Å². The molecule has 0 saturated heterocycles.